The Kier molecular flexibility index (Phi) is 2.03. The number of nitrogens with zero attached hydrogens (tertiary/aromatic N) is 1. The maximum atomic E-state index is 12.7. The molecule has 1 aromatic heterocycles. The molecule has 2 nitrogen and oxygen atoms in total. The Balaban J connectivity index is 1.89. The molecule has 0 unspecified atom stereocenters. The van der Waals surface area contributed by atoms with Crippen LogP contribution in [0.25, 0.3) is 11.1 Å². The monoisotopic (exact) mass is 215 g/mol. The van der Waals surface area contributed by atoms with Gasteiger partial charge in [0, 0.05) is 0 Å². The molecule has 1 heterocycles. The van der Waals surface area contributed by atoms with Crippen molar-refractivity contribution in [1.82, 2.24) is 4.74 Å². The molecule has 0 aliphatic heterocycles. The first-order chi connectivity index (χ1) is 7.83. The van der Waals surface area contributed by atoms with Gasteiger partial charge in [-0.25, -0.2) is 9.13 Å². The summed E-state index contributed by atoms with van der Waals surface area (Å²) in [7, 11) is 0. The van der Waals surface area contributed by atoms with Crippen LogP contribution >= 0.6 is 0 Å². The van der Waals surface area contributed by atoms with Gasteiger partial charge in [0.1, 0.15) is 11.3 Å². The molecule has 3 rings (SSSR count). The minimum absolute atomic E-state index is 0.214. The lowest BCUT2D eigenvalue weighted by Crippen LogP contribution is -2.05. The predicted octanol–water partition coefficient (Wildman–Crippen LogP) is 3.42. The van der Waals surface area contributed by atoms with E-state index in [2.05, 4.69) is 0 Å². The maximum Gasteiger partial charge on any atom is 0.181 e. The molecule has 0 aliphatic rings. The van der Waals surface area contributed by atoms with Crippen molar-refractivity contribution in [3.8, 4) is 0 Å². The zero-order valence-corrected chi connectivity index (χ0v) is 8.56. The zero-order valence-electron chi connectivity index (χ0n) is 8.56. The topological polar surface area (TPSA) is 18.1 Å². The van der Waals surface area contributed by atoms with Gasteiger partial charge in [0.05, 0.1) is 6.54 Å². The number of hydrogen-bond donors (Lipinski definition) is 0. The highest BCUT2D eigenvalue weighted by atomic mass is 19.1. The molecule has 16 heavy (non-hydrogen) atoms. The van der Waals surface area contributed by atoms with Crippen LogP contribution in [0.4, 0.5) is 4.39 Å². The SMILES string of the molecule is Fc1ccc(Cn2oc3ccccc32)cc1. The van der Waals surface area contributed by atoms with Crippen LogP contribution in [0, 0.1) is 5.82 Å². The lowest BCUT2D eigenvalue weighted by molar-refractivity contribution is 0.284. The van der Waals surface area contributed by atoms with E-state index in [4.69, 9.17) is 4.52 Å². The lowest BCUT2D eigenvalue weighted by Gasteiger charge is -2.13. The third-order valence-electron chi connectivity index (χ3n) is 2.58. The van der Waals surface area contributed by atoms with Gasteiger partial charge in [0.2, 0.25) is 0 Å². The van der Waals surface area contributed by atoms with Crippen LogP contribution in [-0.4, -0.2) is 4.74 Å². The third kappa shape index (κ3) is 1.50. The lowest BCUT2D eigenvalue weighted by atomic mass is 10.2. The molecular weight excluding hydrogens is 205 g/mol. The summed E-state index contributed by atoms with van der Waals surface area (Å²) >= 11 is 0. The summed E-state index contributed by atoms with van der Waals surface area (Å²) < 4.78 is 20.0. The molecule has 0 amide bonds. The highest BCUT2D eigenvalue weighted by molar-refractivity contribution is 5.73. The summed E-state index contributed by atoms with van der Waals surface area (Å²) in [6.07, 6.45) is 0. The van der Waals surface area contributed by atoms with Gasteiger partial charge in [-0.1, -0.05) is 24.3 Å². The van der Waals surface area contributed by atoms with Crippen molar-refractivity contribution < 1.29 is 8.91 Å². The smallest absolute Gasteiger partial charge is 0.181 e. The molecule has 0 radical (unpaired) electrons. The molecule has 0 fully saturated rings. The van der Waals surface area contributed by atoms with Crippen LogP contribution in [0.15, 0.2) is 53.1 Å². The first kappa shape index (κ1) is 9.21. The number of benzene rings is 2. The van der Waals surface area contributed by atoms with E-state index in [-0.39, 0.29) is 5.82 Å². The highest BCUT2D eigenvalue weighted by Crippen LogP contribution is 2.19. The second-order valence-electron chi connectivity index (χ2n) is 3.72. The molecule has 0 atom stereocenters. The van der Waals surface area contributed by atoms with Crippen LogP contribution in [0.3, 0.4) is 0 Å². The van der Waals surface area contributed by atoms with Gasteiger partial charge in [-0.3, -0.25) is 0 Å². The standard InChI is InChI=1S/C13H10FNO/c14-11-7-5-10(6-8-11)9-15-12-3-1-2-4-13(12)16-15/h1-8H,9H2. The first-order valence-electron chi connectivity index (χ1n) is 5.12. The van der Waals surface area contributed by atoms with Crippen molar-refractivity contribution >= 4 is 11.1 Å². The number of fused-ring (bicyclic) bond motifs is 1. The van der Waals surface area contributed by atoms with Gasteiger partial charge < -0.3 is 4.52 Å². The predicted molar refractivity (Wildman–Crippen MR) is 59.7 cm³/mol. The van der Waals surface area contributed by atoms with E-state index in [1.807, 2.05) is 24.3 Å². The summed E-state index contributed by atoms with van der Waals surface area (Å²) in [5, 5.41) is 0. The first-order valence-corrected chi connectivity index (χ1v) is 5.12. The normalized spacial score (nSPS) is 11.1. The number of rotatable bonds is 2. The van der Waals surface area contributed by atoms with E-state index < -0.39 is 0 Å². The highest BCUT2D eigenvalue weighted by Gasteiger charge is 2.07. The van der Waals surface area contributed by atoms with E-state index in [1.165, 1.54) is 12.1 Å². The fourth-order valence-corrected chi connectivity index (χ4v) is 1.74. The number of hydrogen-bond acceptors (Lipinski definition) is 1. The van der Waals surface area contributed by atoms with Crippen molar-refractivity contribution in [2.24, 2.45) is 0 Å². The summed E-state index contributed by atoms with van der Waals surface area (Å²) in [6.45, 7) is 0.636. The Hall–Kier alpha value is -2.03. The minimum Gasteiger partial charge on any atom is -0.377 e. The quantitative estimate of drug-likeness (QED) is 0.640. The van der Waals surface area contributed by atoms with E-state index in [9.17, 15) is 4.39 Å². The molecule has 3 aromatic rings. The van der Waals surface area contributed by atoms with Crippen LogP contribution in [0.5, 0.6) is 0 Å². The Morgan fingerprint density at radius 2 is 1.75 bits per heavy atom. The van der Waals surface area contributed by atoms with Crippen LogP contribution in [0.2, 0.25) is 0 Å². The molecule has 0 bridgehead atoms. The van der Waals surface area contributed by atoms with Crippen molar-refractivity contribution in [3.63, 3.8) is 0 Å². The molecule has 3 heteroatoms. The van der Waals surface area contributed by atoms with Gasteiger partial charge >= 0.3 is 0 Å². The Labute approximate surface area is 91.9 Å². The summed E-state index contributed by atoms with van der Waals surface area (Å²) in [5.41, 5.74) is 2.99. The number of halogens is 1. The van der Waals surface area contributed by atoms with Crippen LogP contribution in [0.1, 0.15) is 5.56 Å². The molecule has 0 N–H and O–H groups in total. The summed E-state index contributed by atoms with van der Waals surface area (Å²) in [6, 6.07) is 14.3. The maximum absolute atomic E-state index is 12.7. The Morgan fingerprint density at radius 3 is 2.50 bits per heavy atom. The fourth-order valence-electron chi connectivity index (χ4n) is 1.74. The van der Waals surface area contributed by atoms with E-state index in [0.717, 1.165) is 16.7 Å². The van der Waals surface area contributed by atoms with Gasteiger partial charge in [0.25, 0.3) is 0 Å². The van der Waals surface area contributed by atoms with Crippen molar-refractivity contribution in [1.29, 1.82) is 0 Å². The third-order valence-corrected chi connectivity index (χ3v) is 2.58. The van der Waals surface area contributed by atoms with Crippen LogP contribution < -0.4 is 0 Å². The molecule has 0 saturated heterocycles. The van der Waals surface area contributed by atoms with Gasteiger partial charge in [0.15, 0.2) is 5.58 Å². The van der Waals surface area contributed by atoms with E-state index in [1.54, 1.807) is 16.9 Å². The summed E-state index contributed by atoms with van der Waals surface area (Å²) in [4.78, 5) is 0. The van der Waals surface area contributed by atoms with Crippen molar-refractivity contribution in [2.45, 2.75) is 6.54 Å². The molecule has 0 saturated carbocycles. The molecule has 0 spiro atoms. The van der Waals surface area contributed by atoms with Gasteiger partial charge in [-0.2, -0.15) is 0 Å². The van der Waals surface area contributed by atoms with Gasteiger partial charge in [-0.05, 0) is 29.8 Å². The van der Waals surface area contributed by atoms with E-state index in [0.29, 0.717) is 6.54 Å². The average Bonchev–Trinajstić information content (AvgIpc) is 2.28. The molecule has 0 aliphatic carbocycles. The number of aromatic nitrogens is 1. The van der Waals surface area contributed by atoms with Crippen LogP contribution in [-0.2, 0) is 6.54 Å². The Bertz CT molecular complexity index is 606. The summed E-state index contributed by atoms with van der Waals surface area (Å²) in [5.74, 6) is -0.214. The minimum atomic E-state index is -0.214. The fraction of sp³-hybridized carbons (Fsp3) is 0.0769. The Morgan fingerprint density at radius 1 is 1.00 bits per heavy atom. The second-order valence-corrected chi connectivity index (χ2v) is 3.72. The largest absolute Gasteiger partial charge is 0.377 e. The molecule has 80 valence electrons. The number of para-hydroxylation sites is 2. The zero-order chi connectivity index (χ0) is 11.0. The van der Waals surface area contributed by atoms with E-state index >= 15 is 0 Å². The van der Waals surface area contributed by atoms with Crippen molar-refractivity contribution in [3.05, 3.63) is 59.9 Å². The van der Waals surface area contributed by atoms with Gasteiger partial charge in [-0.15, -0.1) is 0 Å². The second kappa shape index (κ2) is 3.52. The van der Waals surface area contributed by atoms with Crippen molar-refractivity contribution in [2.75, 3.05) is 0 Å². The molecular formula is C13H10FNO. The average molecular weight is 215 g/mol. The molecule has 2 aromatic carbocycles.